The summed E-state index contributed by atoms with van der Waals surface area (Å²) >= 11 is 0. The molecule has 234 valence electrons. The van der Waals surface area contributed by atoms with Crippen molar-refractivity contribution in [3.05, 3.63) is 47.3 Å². The highest BCUT2D eigenvalue weighted by Crippen LogP contribution is 2.50. The Labute approximate surface area is 248 Å². The second-order valence-electron chi connectivity index (χ2n) is 11.4. The summed E-state index contributed by atoms with van der Waals surface area (Å²) < 4.78 is 17.1. The molecule has 0 spiro atoms. The van der Waals surface area contributed by atoms with Gasteiger partial charge in [-0.3, -0.25) is 19.5 Å². The standard InChI is InChI=1S/C24H30N2O4.C6H8O7/c1-3-8-28-20-10-22-21(29-15-30-22)9-18(20)13-26-12-17-6-7-24(27,19(17)14-26)23-5-4-16(2)11-25-23;7-3(8)1-6(13,5(11)12)2-4(9)10/h4-5,9-11,17,19,27H,3,6-8,12-15H2,1-2H3;13H,1-2H2,(H,7,8)(H,9,10)(H,11,12)/t17-,19+,24-;/m1./s1. The van der Waals surface area contributed by atoms with Crippen molar-refractivity contribution in [3.8, 4) is 17.2 Å². The first-order valence-corrected chi connectivity index (χ1v) is 14.2. The van der Waals surface area contributed by atoms with Crippen molar-refractivity contribution in [2.24, 2.45) is 11.8 Å². The summed E-state index contributed by atoms with van der Waals surface area (Å²) in [5, 5.41) is 45.4. The summed E-state index contributed by atoms with van der Waals surface area (Å²) in [7, 11) is 0. The van der Waals surface area contributed by atoms with Gasteiger partial charge in [0.2, 0.25) is 6.79 Å². The lowest BCUT2D eigenvalue weighted by molar-refractivity contribution is -0.170. The molecule has 1 aromatic heterocycles. The Balaban J connectivity index is 0.000000277. The molecule has 2 fully saturated rings. The number of ether oxygens (including phenoxy) is 3. The molecule has 13 nitrogen and oxygen atoms in total. The lowest BCUT2D eigenvalue weighted by atomic mass is 9.85. The van der Waals surface area contributed by atoms with Gasteiger partial charge in [-0.2, -0.15) is 0 Å². The van der Waals surface area contributed by atoms with E-state index in [0.717, 1.165) is 73.0 Å². The number of aliphatic carboxylic acids is 3. The van der Waals surface area contributed by atoms with Crippen molar-refractivity contribution in [1.82, 2.24) is 9.88 Å². The topological polar surface area (TPSA) is 196 Å². The summed E-state index contributed by atoms with van der Waals surface area (Å²) in [5.41, 5.74) is -0.518. The van der Waals surface area contributed by atoms with E-state index in [1.165, 1.54) is 0 Å². The molecule has 1 saturated heterocycles. The van der Waals surface area contributed by atoms with Crippen molar-refractivity contribution >= 4 is 17.9 Å². The minimum absolute atomic E-state index is 0.210. The number of carboxylic acid groups (broad SMARTS) is 3. The Morgan fingerprint density at radius 3 is 2.35 bits per heavy atom. The van der Waals surface area contributed by atoms with E-state index in [2.05, 4.69) is 22.9 Å². The van der Waals surface area contributed by atoms with E-state index in [9.17, 15) is 19.5 Å². The third kappa shape index (κ3) is 7.35. The highest BCUT2D eigenvalue weighted by Gasteiger charge is 2.53. The number of aliphatic hydroxyl groups is 2. The first-order chi connectivity index (χ1) is 20.3. The van der Waals surface area contributed by atoms with Crippen LogP contribution in [0.1, 0.15) is 55.8 Å². The first-order valence-electron chi connectivity index (χ1n) is 14.2. The maximum Gasteiger partial charge on any atom is 0.336 e. The van der Waals surface area contributed by atoms with E-state index >= 15 is 0 Å². The number of benzene rings is 1. The Morgan fingerprint density at radius 1 is 1.09 bits per heavy atom. The Hall–Kier alpha value is -3.94. The molecule has 0 radical (unpaired) electrons. The number of hydrogen-bond acceptors (Lipinski definition) is 10. The monoisotopic (exact) mass is 602 g/mol. The second kappa shape index (κ2) is 13.1. The van der Waals surface area contributed by atoms with Crippen molar-refractivity contribution < 1.29 is 54.1 Å². The van der Waals surface area contributed by atoms with Gasteiger partial charge >= 0.3 is 17.9 Å². The first kappa shape index (κ1) is 32.0. The predicted octanol–water partition coefficient (Wildman–Crippen LogP) is 2.39. The van der Waals surface area contributed by atoms with Crippen LogP contribution in [0.3, 0.4) is 0 Å². The summed E-state index contributed by atoms with van der Waals surface area (Å²) in [6.45, 7) is 7.69. The molecule has 1 aliphatic carbocycles. The number of pyridine rings is 1. The van der Waals surface area contributed by atoms with Gasteiger partial charge in [-0.25, -0.2) is 4.79 Å². The molecule has 0 bridgehead atoms. The Bertz CT molecular complexity index is 1320. The van der Waals surface area contributed by atoms with Crippen LogP contribution in [0.15, 0.2) is 30.5 Å². The number of aryl methyl sites for hydroxylation is 1. The second-order valence-corrected chi connectivity index (χ2v) is 11.4. The van der Waals surface area contributed by atoms with Crippen LogP contribution < -0.4 is 14.2 Å². The quantitative estimate of drug-likeness (QED) is 0.252. The van der Waals surface area contributed by atoms with Gasteiger partial charge in [0.1, 0.15) is 11.4 Å². The fourth-order valence-corrected chi connectivity index (χ4v) is 5.95. The highest BCUT2D eigenvalue weighted by molar-refractivity contribution is 5.88. The number of rotatable bonds is 11. The minimum Gasteiger partial charge on any atom is -0.493 e. The number of nitrogens with zero attached hydrogens (tertiary/aromatic N) is 2. The number of carboxylic acids is 3. The van der Waals surface area contributed by atoms with E-state index < -0.39 is 42.0 Å². The average molecular weight is 603 g/mol. The molecule has 3 aliphatic rings. The molecule has 3 heterocycles. The van der Waals surface area contributed by atoms with Gasteiger partial charge < -0.3 is 39.7 Å². The van der Waals surface area contributed by atoms with Crippen LogP contribution in [-0.4, -0.2) is 85.4 Å². The molecule has 0 unspecified atom stereocenters. The van der Waals surface area contributed by atoms with Crippen LogP contribution in [0.2, 0.25) is 0 Å². The van der Waals surface area contributed by atoms with Crippen LogP contribution in [-0.2, 0) is 26.5 Å². The lowest BCUT2D eigenvalue weighted by Gasteiger charge is -2.30. The molecule has 2 aromatic rings. The van der Waals surface area contributed by atoms with E-state index in [4.69, 9.17) is 34.6 Å². The van der Waals surface area contributed by atoms with Gasteiger partial charge in [-0.05, 0) is 49.8 Å². The van der Waals surface area contributed by atoms with Gasteiger partial charge in [0.05, 0.1) is 25.1 Å². The zero-order valence-electron chi connectivity index (χ0n) is 24.2. The fourth-order valence-electron chi connectivity index (χ4n) is 5.95. The lowest BCUT2D eigenvalue weighted by Crippen LogP contribution is -2.42. The molecule has 1 saturated carbocycles. The van der Waals surface area contributed by atoms with Gasteiger partial charge in [-0.1, -0.05) is 13.0 Å². The van der Waals surface area contributed by atoms with Crippen molar-refractivity contribution in [2.75, 3.05) is 26.5 Å². The number of carbonyl (C=O) groups is 3. The van der Waals surface area contributed by atoms with Crippen molar-refractivity contribution in [2.45, 2.75) is 63.7 Å². The van der Waals surface area contributed by atoms with Crippen molar-refractivity contribution in [1.29, 1.82) is 0 Å². The van der Waals surface area contributed by atoms with Crippen LogP contribution in [0.25, 0.3) is 0 Å². The van der Waals surface area contributed by atoms with Crippen LogP contribution in [0.4, 0.5) is 0 Å². The maximum atomic E-state index is 11.6. The molecule has 5 N–H and O–H groups in total. The smallest absolute Gasteiger partial charge is 0.336 e. The van der Waals surface area contributed by atoms with Gasteiger partial charge in [0.15, 0.2) is 17.1 Å². The molecule has 1 aromatic carbocycles. The Morgan fingerprint density at radius 2 is 1.77 bits per heavy atom. The zero-order chi connectivity index (χ0) is 31.4. The third-order valence-corrected chi connectivity index (χ3v) is 8.08. The molecular weight excluding hydrogens is 564 g/mol. The number of hydrogen-bond donors (Lipinski definition) is 5. The van der Waals surface area contributed by atoms with Gasteiger partial charge in [-0.15, -0.1) is 0 Å². The third-order valence-electron chi connectivity index (χ3n) is 8.08. The molecular formula is C30H38N2O11. The van der Waals surface area contributed by atoms with Gasteiger partial charge in [0.25, 0.3) is 0 Å². The van der Waals surface area contributed by atoms with Crippen LogP contribution in [0.5, 0.6) is 17.2 Å². The maximum absolute atomic E-state index is 11.6. The van der Waals surface area contributed by atoms with Crippen molar-refractivity contribution in [3.63, 3.8) is 0 Å². The predicted molar refractivity (Wildman–Crippen MR) is 150 cm³/mol. The largest absolute Gasteiger partial charge is 0.493 e. The summed E-state index contributed by atoms with van der Waals surface area (Å²) in [6.07, 6.45) is 2.35. The SMILES string of the molecule is CCCOc1cc2c(cc1CN1C[C@H]3CC[C@](O)(c4ccc(C)cn4)[C@H]3C1)OCO2.O=C(O)CC(O)(CC(=O)O)C(=O)O. The summed E-state index contributed by atoms with van der Waals surface area (Å²) in [4.78, 5) is 37.5. The summed E-state index contributed by atoms with van der Waals surface area (Å²) in [6, 6.07) is 8.05. The highest BCUT2D eigenvalue weighted by atomic mass is 16.7. The minimum atomic E-state index is -2.74. The molecule has 5 rings (SSSR count). The number of aromatic nitrogens is 1. The van der Waals surface area contributed by atoms with E-state index in [1.54, 1.807) is 0 Å². The average Bonchev–Trinajstić information content (AvgIpc) is 3.64. The zero-order valence-corrected chi connectivity index (χ0v) is 24.2. The molecule has 0 amide bonds. The Kier molecular flexibility index (Phi) is 9.78. The van der Waals surface area contributed by atoms with E-state index in [1.807, 2.05) is 31.3 Å². The molecule has 2 aliphatic heterocycles. The summed E-state index contributed by atoms with van der Waals surface area (Å²) in [5.74, 6) is -1.91. The number of fused-ring (bicyclic) bond motifs is 2. The molecule has 3 atom stereocenters. The van der Waals surface area contributed by atoms with E-state index in [-0.39, 0.29) is 12.7 Å². The molecule has 43 heavy (non-hydrogen) atoms. The van der Waals surface area contributed by atoms with Gasteiger partial charge in [0, 0.05) is 43.4 Å². The van der Waals surface area contributed by atoms with E-state index in [0.29, 0.717) is 12.5 Å². The van der Waals surface area contributed by atoms with Crippen LogP contribution in [0, 0.1) is 18.8 Å². The fraction of sp³-hybridized carbons (Fsp3) is 0.533. The number of likely N-dealkylation sites (tertiary alicyclic amines) is 1. The molecule has 13 heteroatoms. The normalized spacial score (nSPS) is 22.4. The van der Waals surface area contributed by atoms with Crippen LogP contribution >= 0.6 is 0 Å².